The van der Waals surface area contributed by atoms with Gasteiger partial charge in [-0.15, -0.1) is 0 Å². The first kappa shape index (κ1) is 10.8. The van der Waals surface area contributed by atoms with Gasteiger partial charge in [0.1, 0.15) is 17.0 Å². The van der Waals surface area contributed by atoms with Crippen molar-refractivity contribution in [3.05, 3.63) is 36.3 Å². The number of aromatic amines is 1. The van der Waals surface area contributed by atoms with Gasteiger partial charge in [0.25, 0.3) is 0 Å². The largest absolute Gasteiger partial charge is 0.497 e. The van der Waals surface area contributed by atoms with E-state index in [0.29, 0.717) is 0 Å². The predicted molar refractivity (Wildman–Crippen MR) is 67.1 cm³/mol. The normalized spacial score (nSPS) is 16.0. The minimum atomic E-state index is -0.356. The monoisotopic (exact) mass is 239 g/mol. The van der Waals surface area contributed by atoms with Crippen LogP contribution in [-0.2, 0) is 5.41 Å². The molecule has 1 saturated carbocycles. The zero-order valence-corrected chi connectivity index (χ0v) is 10.1. The van der Waals surface area contributed by atoms with Crippen molar-refractivity contribution in [2.24, 2.45) is 0 Å². The molecule has 4 nitrogen and oxygen atoms in total. The zero-order valence-electron chi connectivity index (χ0n) is 10.1. The fourth-order valence-electron chi connectivity index (χ4n) is 2.01. The molecule has 1 fully saturated rings. The number of aromatic nitrogens is 2. The predicted octanol–water partition coefficient (Wildman–Crippen LogP) is 2.64. The Bertz CT molecular complexity index is 603. The summed E-state index contributed by atoms with van der Waals surface area (Å²) in [6.45, 7) is 0. The highest BCUT2D eigenvalue weighted by Crippen LogP contribution is 2.46. The highest BCUT2D eigenvalue weighted by atomic mass is 16.5. The average molecular weight is 239 g/mol. The van der Waals surface area contributed by atoms with Crippen molar-refractivity contribution < 1.29 is 4.74 Å². The molecular formula is C14H13N3O. The van der Waals surface area contributed by atoms with Gasteiger partial charge in [-0.3, -0.25) is 0 Å². The smallest absolute Gasteiger partial charge is 0.127 e. The van der Waals surface area contributed by atoms with E-state index in [2.05, 4.69) is 16.0 Å². The van der Waals surface area contributed by atoms with Crippen molar-refractivity contribution in [3.8, 4) is 23.1 Å². The molecule has 0 atom stereocenters. The van der Waals surface area contributed by atoms with E-state index in [0.717, 1.165) is 35.7 Å². The lowest BCUT2D eigenvalue weighted by atomic mass is 10.1. The second kappa shape index (κ2) is 3.88. The van der Waals surface area contributed by atoms with Gasteiger partial charge in [-0.2, -0.15) is 5.26 Å². The maximum Gasteiger partial charge on any atom is 0.127 e. The number of nitrogens with one attached hydrogen (secondary N) is 1. The number of H-pyrrole nitrogens is 1. The van der Waals surface area contributed by atoms with Gasteiger partial charge in [0.15, 0.2) is 0 Å². The first-order valence-corrected chi connectivity index (χ1v) is 5.88. The summed E-state index contributed by atoms with van der Waals surface area (Å²) in [5.41, 5.74) is 1.63. The molecule has 1 heterocycles. The lowest BCUT2D eigenvalue weighted by Crippen LogP contribution is -2.04. The minimum Gasteiger partial charge on any atom is -0.497 e. The third-order valence-corrected chi connectivity index (χ3v) is 3.39. The number of benzene rings is 1. The van der Waals surface area contributed by atoms with Crippen LogP contribution in [0.4, 0.5) is 0 Å². The Balaban J connectivity index is 1.91. The maximum absolute atomic E-state index is 9.13. The molecule has 0 aliphatic heterocycles. The van der Waals surface area contributed by atoms with Gasteiger partial charge in [0.05, 0.1) is 25.1 Å². The van der Waals surface area contributed by atoms with Crippen LogP contribution >= 0.6 is 0 Å². The van der Waals surface area contributed by atoms with Crippen molar-refractivity contribution in [1.29, 1.82) is 5.26 Å². The molecule has 1 aliphatic rings. The van der Waals surface area contributed by atoms with E-state index in [4.69, 9.17) is 10.00 Å². The topological polar surface area (TPSA) is 61.7 Å². The van der Waals surface area contributed by atoms with Crippen LogP contribution in [-0.4, -0.2) is 17.1 Å². The molecule has 1 N–H and O–H groups in total. The first-order chi connectivity index (χ1) is 8.77. The zero-order chi connectivity index (χ0) is 12.6. The Morgan fingerprint density at radius 2 is 2.06 bits per heavy atom. The minimum absolute atomic E-state index is 0.356. The molecule has 0 spiro atoms. The number of hydrogen-bond donors (Lipinski definition) is 1. The van der Waals surface area contributed by atoms with Crippen LogP contribution in [0.1, 0.15) is 18.7 Å². The lowest BCUT2D eigenvalue weighted by molar-refractivity contribution is 0.415. The standard InChI is InChI=1S/C14H13N3O/c1-18-11-4-2-10(3-5-11)12-8-16-13(17-12)14(9-15)6-7-14/h2-5,8H,6-7H2,1H3,(H,16,17). The fraction of sp³-hybridized carbons (Fsp3) is 0.286. The number of imidazole rings is 1. The summed E-state index contributed by atoms with van der Waals surface area (Å²) in [5.74, 6) is 1.62. The Labute approximate surface area is 105 Å². The van der Waals surface area contributed by atoms with Crippen molar-refractivity contribution in [1.82, 2.24) is 9.97 Å². The summed E-state index contributed by atoms with van der Waals surface area (Å²) < 4.78 is 5.12. The molecule has 90 valence electrons. The number of hydrogen-bond acceptors (Lipinski definition) is 3. The third-order valence-electron chi connectivity index (χ3n) is 3.39. The summed E-state index contributed by atoms with van der Waals surface area (Å²) in [5, 5.41) is 9.13. The average Bonchev–Trinajstić information content (AvgIpc) is 3.08. The van der Waals surface area contributed by atoms with Crippen LogP contribution in [0, 0.1) is 11.3 Å². The van der Waals surface area contributed by atoms with Crippen LogP contribution in [0.25, 0.3) is 11.3 Å². The molecule has 1 aliphatic carbocycles. The van der Waals surface area contributed by atoms with Gasteiger partial charge in [-0.05, 0) is 42.7 Å². The van der Waals surface area contributed by atoms with Crippen LogP contribution in [0.5, 0.6) is 5.75 Å². The molecule has 1 aromatic carbocycles. The van der Waals surface area contributed by atoms with E-state index in [-0.39, 0.29) is 5.41 Å². The van der Waals surface area contributed by atoms with Gasteiger partial charge >= 0.3 is 0 Å². The SMILES string of the molecule is COc1ccc(-c2cnc(C3(C#N)CC3)[nH]2)cc1. The van der Waals surface area contributed by atoms with E-state index in [9.17, 15) is 0 Å². The lowest BCUT2D eigenvalue weighted by Gasteiger charge is -2.02. The summed E-state index contributed by atoms with van der Waals surface area (Å²) in [6.07, 6.45) is 3.59. The second-order valence-electron chi connectivity index (χ2n) is 4.57. The van der Waals surface area contributed by atoms with Crippen molar-refractivity contribution in [2.75, 3.05) is 7.11 Å². The number of ether oxygens (including phenoxy) is 1. The van der Waals surface area contributed by atoms with Gasteiger partial charge in [-0.1, -0.05) is 0 Å². The van der Waals surface area contributed by atoms with Crippen LogP contribution in [0.15, 0.2) is 30.5 Å². The van der Waals surface area contributed by atoms with Crippen molar-refractivity contribution in [2.45, 2.75) is 18.3 Å². The highest BCUT2D eigenvalue weighted by molar-refractivity contribution is 5.60. The first-order valence-electron chi connectivity index (χ1n) is 5.88. The van der Waals surface area contributed by atoms with Crippen LogP contribution < -0.4 is 4.74 Å². The Morgan fingerprint density at radius 3 is 2.61 bits per heavy atom. The maximum atomic E-state index is 9.13. The number of nitriles is 1. The fourth-order valence-corrected chi connectivity index (χ4v) is 2.01. The molecule has 0 unspecified atom stereocenters. The Kier molecular flexibility index (Phi) is 2.34. The summed E-state index contributed by atoms with van der Waals surface area (Å²) in [6, 6.07) is 10.1. The van der Waals surface area contributed by atoms with Gasteiger partial charge in [0, 0.05) is 0 Å². The van der Waals surface area contributed by atoms with E-state index < -0.39 is 0 Å². The second-order valence-corrected chi connectivity index (χ2v) is 4.57. The van der Waals surface area contributed by atoms with E-state index >= 15 is 0 Å². The molecule has 1 aromatic heterocycles. The molecule has 0 amide bonds. The van der Waals surface area contributed by atoms with E-state index in [1.165, 1.54) is 0 Å². The molecule has 2 aromatic rings. The molecule has 18 heavy (non-hydrogen) atoms. The van der Waals surface area contributed by atoms with Gasteiger partial charge < -0.3 is 9.72 Å². The van der Waals surface area contributed by atoms with Crippen molar-refractivity contribution >= 4 is 0 Å². The molecule has 0 bridgehead atoms. The number of rotatable bonds is 3. The summed E-state index contributed by atoms with van der Waals surface area (Å²) in [7, 11) is 1.65. The van der Waals surface area contributed by atoms with Crippen LogP contribution in [0.2, 0.25) is 0 Å². The van der Waals surface area contributed by atoms with E-state index in [1.54, 1.807) is 13.3 Å². The van der Waals surface area contributed by atoms with Gasteiger partial charge in [0.2, 0.25) is 0 Å². The van der Waals surface area contributed by atoms with Crippen LogP contribution in [0.3, 0.4) is 0 Å². The Hall–Kier alpha value is -2.28. The molecule has 0 radical (unpaired) electrons. The quantitative estimate of drug-likeness (QED) is 0.895. The van der Waals surface area contributed by atoms with Gasteiger partial charge in [-0.25, -0.2) is 4.98 Å². The van der Waals surface area contributed by atoms with E-state index in [1.807, 2.05) is 24.3 Å². The third kappa shape index (κ3) is 1.65. The number of nitrogens with zero attached hydrogens (tertiary/aromatic N) is 2. The van der Waals surface area contributed by atoms with Crippen molar-refractivity contribution in [3.63, 3.8) is 0 Å². The molecular weight excluding hydrogens is 226 g/mol. The molecule has 3 rings (SSSR count). The number of methoxy groups -OCH3 is 1. The Morgan fingerprint density at radius 1 is 1.33 bits per heavy atom. The highest BCUT2D eigenvalue weighted by Gasteiger charge is 2.47. The molecule has 0 saturated heterocycles. The summed E-state index contributed by atoms with van der Waals surface area (Å²) in [4.78, 5) is 7.58. The summed E-state index contributed by atoms with van der Waals surface area (Å²) >= 11 is 0. The molecule has 4 heteroatoms.